The van der Waals surface area contributed by atoms with Crippen LogP contribution in [0, 0.1) is 12.7 Å². The molecule has 3 aromatic rings. The van der Waals surface area contributed by atoms with Crippen molar-refractivity contribution < 1.29 is 4.39 Å². The average Bonchev–Trinajstić information content (AvgIpc) is 2.75. The van der Waals surface area contributed by atoms with E-state index in [1.807, 2.05) is 29.7 Å². The molecule has 0 spiro atoms. The van der Waals surface area contributed by atoms with Gasteiger partial charge in [0, 0.05) is 4.47 Å². The van der Waals surface area contributed by atoms with Gasteiger partial charge in [-0.05, 0) is 52.7 Å². The summed E-state index contributed by atoms with van der Waals surface area (Å²) in [5.74, 6) is 0.489. The summed E-state index contributed by atoms with van der Waals surface area (Å²) in [5, 5.41) is 0.299. The van der Waals surface area contributed by atoms with Crippen molar-refractivity contribution in [3.8, 4) is 5.69 Å². The highest BCUT2D eigenvalue weighted by molar-refractivity contribution is 9.10. The van der Waals surface area contributed by atoms with Gasteiger partial charge in [-0.2, -0.15) is 0 Å². The van der Waals surface area contributed by atoms with E-state index in [1.54, 1.807) is 0 Å². The summed E-state index contributed by atoms with van der Waals surface area (Å²) in [4.78, 5) is 4.53. The molecule has 0 aliphatic carbocycles. The number of fused-ring (bicyclic) bond motifs is 1. The van der Waals surface area contributed by atoms with Gasteiger partial charge in [0.25, 0.3) is 0 Å². The van der Waals surface area contributed by atoms with Crippen molar-refractivity contribution in [3.05, 3.63) is 57.0 Å². The van der Waals surface area contributed by atoms with E-state index in [0.29, 0.717) is 21.0 Å². The molecule has 0 bridgehead atoms. The number of imidazole rings is 1. The Bertz CT molecular complexity index is 822. The molecule has 21 heavy (non-hydrogen) atoms. The number of aryl methyl sites for hydroxylation is 1. The number of benzene rings is 2. The molecule has 3 rings (SSSR count). The zero-order chi connectivity index (χ0) is 15.1. The molecule has 0 saturated heterocycles. The zero-order valence-electron chi connectivity index (χ0n) is 11.0. The molecule has 2 aromatic carbocycles. The fourth-order valence-electron chi connectivity index (χ4n) is 2.33. The monoisotopic (exact) mass is 386 g/mol. The van der Waals surface area contributed by atoms with Crippen molar-refractivity contribution >= 4 is 50.2 Å². The summed E-state index contributed by atoms with van der Waals surface area (Å²) < 4.78 is 15.8. The first-order chi connectivity index (χ1) is 10.0. The maximum atomic E-state index is 13.4. The van der Waals surface area contributed by atoms with E-state index in [0.717, 1.165) is 16.6 Å². The van der Waals surface area contributed by atoms with Gasteiger partial charge in [0.2, 0.25) is 0 Å². The largest absolute Gasteiger partial charge is 0.293 e. The molecule has 0 atom stereocenters. The summed E-state index contributed by atoms with van der Waals surface area (Å²) >= 11 is 15.6. The number of rotatable bonds is 2. The number of hydrogen-bond acceptors (Lipinski definition) is 1. The van der Waals surface area contributed by atoms with E-state index in [2.05, 4.69) is 20.9 Å². The maximum absolute atomic E-state index is 13.4. The topological polar surface area (TPSA) is 17.8 Å². The first kappa shape index (κ1) is 14.8. The lowest BCUT2D eigenvalue weighted by molar-refractivity contribution is 0.626. The number of alkyl halides is 1. The Morgan fingerprint density at radius 1 is 1.29 bits per heavy atom. The second-order valence-electron chi connectivity index (χ2n) is 4.71. The molecular weight excluding hydrogens is 378 g/mol. The van der Waals surface area contributed by atoms with Crippen molar-refractivity contribution in [2.24, 2.45) is 0 Å². The molecule has 0 amide bonds. The van der Waals surface area contributed by atoms with Gasteiger partial charge in [0.15, 0.2) is 0 Å². The molecule has 2 nitrogen and oxygen atoms in total. The molecule has 0 N–H and O–H groups in total. The van der Waals surface area contributed by atoms with Crippen molar-refractivity contribution in [1.82, 2.24) is 9.55 Å². The predicted molar refractivity (Wildman–Crippen MR) is 88.0 cm³/mol. The molecule has 0 aliphatic rings. The second-order valence-corrected chi connectivity index (χ2v) is 6.24. The second kappa shape index (κ2) is 5.59. The maximum Gasteiger partial charge on any atom is 0.129 e. The molecule has 0 unspecified atom stereocenters. The Balaban J connectivity index is 2.39. The van der Waals surface area contributed by atoms with E-state index in [4.69, 9.17) is 23.2 Å². The van der Waals surface area contributed by atoms with Crippen LogP contribution in [0.25, 0.3) is 16.7 Å². The number of aromatic nitrogens is 2. The van der Waals surface area contributed by atoms with E-state index in [-0.39, 0.29) is 5.88 Å². The number of halogens is 4. The van der Waals surface area contributed by atoms with Crippen LogP contribution in [0.2, 0.25) is 5.02 Å². The SMILES string of the molecule is Cc1ccc2c(c1)nc(CCl)n2-c1c(Cl)cc(F)cc1Br. The minimum absolute atomic E-state index is 0.230. The Morgan fingerprint density at radius 2 is 2.05 bits per heavy atom. The number of hydrogen-bond donors (Lipinski definition) is 0. The van der Waals surface area contributed by atoms with Crippen LogP contribution in [0.15, 0.2) is 34.8 Å². The molecule has 108 valence electrons. The van der Waals surface area contributed by atoms with Crippen molar-refractivity contribution in [3.63, 3.8) is 0 Å². The van der Waals surface area contributed by atoms with Gasteiger partial charge in [-0.3, -0.25) is 4.57 Å². The highest BCUT2D eigenvalue weighted by Crippen LogP contribution is 2.34. The van der Waals surface area contributed by atoms with Crippen molar-refractivity contribution in [2.75, 3.05) is 0 Å². The van der Waals surface area contributed by atoms with Gasteiger partial charge in [0.1, 0.15) is 11.6 Å². The fourth-order valence-corrected chi connectivity index (χ4v) is 3.52. The number of nitrogens with zero attached hydrogens (tertiary/aromatic N) is 2. The van der Waals surface area contributed by atoms with E-state index in [1.165, 1.54) is 12.1 Å². The highest BCUT2D eigenvalue weighted by Gasteiger charge is 2.17. The summed E-state index contributed by atoms with van der Waals surface area (Å²) in [6, 6.07) is 8.58. The van der Waals surface area contributed by atoms with Crippen LogP contribution in [0.3, 0.4) is 0 Å². The first-order valence-corrected chi connectivity index (χ1v) is 7.90. The molecule has 0 saturated carbocycles. The summed E-state index contributed by atoms with van der Waals surface area (Å²) in [6.07, 6.45) is 0. The van der Waals surface area contributed by atoms with E-state index < -0.39 is 5.82 Å². The van der Waals surface area contributed by atoms with Gasteiger partial charge in [-0.15, -0.1) is 11.6 Å². The zero-order valence-corrected chi connectivity index (χ0v) is 14.1. The first-order valence-electron chi connectivity index (χ1n) is 6.20. The van der Waals surface area contributed by atoms with Crippen LogP contribution in [-0.4, -0.2) is 9.55 Å². The minimum Gasteiger partial charge on any atom is -0.293 e. The fraction of sp³-hybridized carbons (Fsp3) is 0.133. The Hall–Kier alpha value is -1.10. The van der Waals surface area contributed by atoms with Crippen molar-refractivity contribution in [1.29, 1.82) is 0 Å². The molecule has 0 fully saturated rings. The Labute approximate surface area is 139 Å². The highest BCUT2D eigenvalue weighted by atomic mass is 79.9. The smallest absolute Gasteiger partial charge is 0.129 e. The lowest BCUT2D eigenvalue weighted by Crippen LogP contribution is -2.02. The molecular formula is C15H10BrCl2FN2. The van der Waals surface area contributed by atoms with Gasteiger partial charge in [-0.25, -0.2) is 9.37 Å². The predicted octanol–water partition coefficient (Wildman–Crippen LogP) is 5.63. The van der Waals surface area contributed by atoms with Crippen LogP contribution < -0.4 is 0 Å². The van der Waals surface area contributed by atoms with Gasteiger partial charge in [-0.1, -0.05) is 17.7 Å². The Kier molecular flexibility index (Phi) is 3.95. The van der Waals surface area contributed by atoms with Gasteiger partial charge in [0.05, 0.1) is 27.6 Å². The lowest BCUT2D eigenvalue weighted by atomic mass is 10.2. The van der Waals surface area contributed by atoms with E-state index in [9.17, 15) is 4.39 Å². The third-order valence-electron chi connectivity index (χ3n) is 3.20. The van der Waals surface area contributed by atoms with Crippen LogP contribution in [0.5, 0.6) is 0 Å². The molecule has 1 aromatic heterocycles. The quantitative estimate of drug-likeness (QED) is 0.521. The van der Waals surface area contributed by atoms with Crippen molar-refractivity contribution in [2.45, 2.75) is 12.8 Å². The molecule has 6 heteroatoms. The molecule has 0 radical (unpaired) electrons. The van der Waals surface area contributed by atoms with Crippen LogP contribution >= 0.6 is 39.1 Å². The third-order valence-corrected chi connectivity index (χ3v) is 4.34. The third kappa shape index (κ3) is 2.56. The minimum atomic E-state index is -0.400. The van der Waals surface area contributed by atoms with Gasteiger partial charge < -0.3 is 0 Å². The standard InChI is InChI=1S/C15H10BrCl2FN2/c1-8-2-3-13-12(4-8)20-14(7-17)21(13)15-10(16)5-9(19)6-11(15)18/h2-6H,7H2,1H3. The lowest BCUT2D eigenvalue weighted by Gasteiger charge is -2.12. The molecule has 1 heterocycles. The van der Waals surface area contributed by atoms with Gasteiger partial charge >= 0.3 is 0 Å². The average molecular weight is 388 g/mol. The van der Waals surface area contributed by atoms with Crippen LogP contribution in [-0.2, 0) is 5.88 Å². The normalized spacial score (nSPS) is 11.3. The summed E-state index contributed by atoms with van der Waals surface area (Å²) in [7, 11) is 0. The summed E-state index contributed by atoms with van der Waals surface area (Å²) in [6.45, 7) is 2.00. The van der Waals surface area contributed by atoms with Crippen LogP contribution in [0.4, 0.5) is 4.39 Å². The Morgan fingerprint density at radius 3 is 2.71 bits per heavy atom. The van der Waals surface area contributed by atoms with E-state index >= 15 is 0 Å². The summed E-state index contributed by atoms with van der Waals surface area (Å²) in [5.41, 5.74) is 3.46. The molecule has 0 aliphatic heterocycles. The van der Waals surface area contributed by atoms with Crippen LogP contribution in [0.1, 0.15) is 11.4 Å².